The van der Waals surface area contributed by atoms with Gasteiger partial charge in [-0.25, -0.2) is 4.79 Å². The molecule has 0 saturated carbocycles. The summed E-state index contributed by atoms with van der Waals surface area (Å²) in [6.07, 6.45) is 0. The average Bonchev–Trinajstić information content (AvgIpc) is 2.46. The van der Waals surface area contributed by atoms with E-state index in [1.165, 1.54) is 6.07 Å². The predicted octanol–water partition coefficient (Wildman–Crippen LogP) is 2.23. The maximum absolute atomic E-state index is 10.7. The largest absolute Gasteiger partial charge is 0.476 e. The molecule has 0 saturated heterocycles. The molecule has 0 amide bonds. The van der Waals surface area contributed by atoms with E-state index in [9.17, 15) is 10.0 Å². The summed E-state index contributed by atoms with van der Waals surface area (Å²) in [4.78, 5) is 10.7. The molecule has 0 fully saturated rings. The standard InChI is InChI=1S/C9H6ClNO3/c10-6-2-1-3-7-5(6)4-8(9(12)13)11(7)14/h1-4,14H,(H,12,13). The minimum atomic E-state index is -1.19. The third kappa shape index (κ3) is 1.12. The Bertz CT molecular complexity index is 518. The number of rotatable bonds is 1. The first-order chi connectivity index (χ1) is 6.61. The lowest BCUT2D eigenvalue weighted by Crippen LogP contribution is -2.04. The number of carboxylic acid groups (broad SMARTS) is 1. The molecule has 0 spiro atoms. The van der Waals surface area contributed by atoms with E-state index in [4.69, 9.17) is 16.7 Å². The number of carbonyl (C=O) groups is 1. The minimum absolute atomic E-state index is 0.201. The summed E-state index contributed by atoms with van der Waals surface area (Å²) >= 11 is 5.83. The Morgan fingerprint density at radius 1 is 1.43 bits per heavy atom. The minimum Gasteiger partial charge on any atom is -0.476 e. The van der Waals surface area contributed by atoms with Crippen LogP contribution >= 0.6 is 11.6 Å². The van der Waals surface area contributed by atoms with Gasteiger partial charge in [-0.05, 0) is 18.2 Å². The highest BCUT2D eigenvalue weighted by Gasteiger charge is 2.15. The van der Waals surface area contributed by atoms with Crippen LogP contribution in [0.3, 0.4) is 0 Å². The van der Waals surface area contributed by atoms with E-state index in [0.29, 0.717) is 20.7 Å². The van der Waals surface area contributed by atoms with Crippen LogP contribution in [0.2, 0.25) is 5.02 Å². The highest BCUT2D eigenvalue weighted by atomic mass is 35.5. The van der Waals surface area contributed by atoms with Gasteiger partial charge in [-0.1, -0.05) is 17.7 Å². The lowest BCUT2D eigenvalue weighted by molar-refractivity contribution is 0.0649. The van der Waals surface area contributed by atoms with E-state index in [0.717, 1.165) is 0 Å². The molecule has 0 bridgehead atoms. The van der Waals surface area contributed by atoms with Gasteiger partial charge in [0, 0.05) is 5.39 Å². The van der Waals surface area contributed by atoms with Crippen molar-refractivity contribution in [1.82, 2.24) is 4.73 Å². The molecular weight excluding hydrogens is 206 g/mol. The van der Waals surface area contributed by atoms with Crippen molar-refractivity contribution >= 4 is 28.5 Å². The van der Waals surface area contributed by atoms with Gasteiger partial charge < -0.3 is 10.3 Å². The van der Waals surface area contributed by atoms with Crippen LogP contribution in [-0.4, -0.2) is 21.0 Å². The summed E-state index contributed by atoms with van der Waals surface area (Å²) < 4.78 is 0.615. The van der Waals surface area contributed by atoms with Crippen LogP contribution in [0.4, 0.5) is 0 Å². The van der Waals surface area contributed by atoms with E-state index in [1.54, 1.807) is 18.2 Å². The Morgan fingerprint density at radius 3 is 2.71 bits per heavy atom. The van der Waals surface area contributed by atoms with E-state index >= 15 is 0 Å². The van der Waals surface area contributed by atoms with E-state index in [2.05, 4.69) is 0 Å². The zero-order chi connectivity index (χ0) is 10.3. The van der Waals surface area contributed by atoms with Gasteiger partial charge in [0.05, 0.1) is 10.5 Å². The molecule has 2 rings (SSSR count). The third-order valence-corrected chi connectivity index (χ3v) is 2.32. The van der Waals surface area contributed by atoms with Gasteiger partial charge in [0.2, 0.25) is 0 Å². The van der Waals surface area contributed by atoms with Gasteiger partial charge >= 0.3 is 5.97 Å². The first kappa shape index (κ1) is 8.90. The molecule has 1 heterocycles. The third-order valence-electron chi connectivity index (χ3n) is 1.99. The Balaban J connectivity index is 2.86. The monoisotopic (exact) mass is 211 g/mol. The molecule has 2 N–H and O–H groups in total. The van der Waals surface area contributed by atoms with Crippen molar-refractivity contribution in [3.05, 3.63) is 35.0 Å². The summed E-state index contributed by atoms with van der Waals surface area (Å²) in [5, 5.41) is 19.1. The van der Waals surface area contributed by atoms with Gasteiger partial charge in [-0.3, -0.25) is 0 Å². The number of nitrogens with zero attached hydrogens (tertiary/aromatic N) is 1. The van der Waals surface area contributed by atoms with Gasteiger partial charge in [-0.15, -0.1) is 0 Å². The van der Waals surface area contributed by atoms with Crippen LogP contribution in [0.5, 0.6) is 0 Å². The molecule has 1 aromatic carbocycles. The van der Waals surface area contributed by atoms with Crippen molar-refractivity contribution in [3.63, 3.8) is 0 Å². The number of hydrogen-bond acceptors (Lipinski definition) is 2. The summed E-state index contributed by atoms with van der Waals surface area (Å²) in [6, 6.07) is 6.20. The molecule has 0 aliphatic heterocycles. The molecule has 1 aromatic heterocycles. The molecule has 2 aromatic rings. The molecule has 4 nitrogen and oxygen atoms in total. The van der Waals surface area contributed by atoms with Crippen molar-refractivity contribution in [1.29, 1.82) is 0 Å². The molecular formula is C9H6ClNO3. The smallest absolute Gasteiger partial charge is 0.356 e. The van der Waals surface area contributed by atoms with Crippen molar-refractivity contribution < 1.29 is 15.1 Å². The summed E-state index contributed by atoms with van der Waals surface area (Å²) in [7, 11) is 0. The topological polar surface area (TPSA) is 62.5 Å². The fraction of sp³-hybridized carbons (Fsp3) is 0. The van der Waals surface area contributed by atoms with Crippen LogP contribution < -0.4 is 0 Å². The van der Waals surface area contributed by atoms with Gasteiger partial charge in [0.25, 0.3) is 0 Å². The van der Waals surface area contributed by atoms with Gasteiger partial charge in [0.15, 0.2) is 5.69 Å². The first-order valence-electron chi connectivity index (χ1n) is 3.84. The molecule has 72 valence electrons. The number of carboxylic acids is 1. The number of aromatic carboxylic acids is 1. The maximum atomic E-state index is 10.7. The lowest BCUT2D eigenvalue weighted by atomic mass is 10.2. The van der Waals surface area contributed by atoms with E-state index in [-0.39, 0.29) is 5.69 Å². The predicted molar refractivity (Wildman–Crippen MR) is 51.1 cm³/mol. The number of benzene rings is 1. The van der Waals surface area contributed by atoms with Crippen molar-refractivity contribution in [2.45, 2.75) is 0 Å². The van der Waals surface area contributed by atoms with Crippen LogP contribution in [0.15, 0.2) is 24.3 Å². The highest BCUT2D eigenvalue weighted by molar-refractivity contribution is 6.35. The Hall–Kier alpha value is -1.68. The fourth-order valence-electron chi connectivity index (χ4n) is 1.33. The molecule has 0 radical (unpaired) electrons. The number of aromatic nitrogens is 1. The number of fused-ring (bicyclic) bond motifs is 1. The van der Waals surface area contributed by atoms with E-state index < -0.39 is 5.97 Å². The zero-order valence-electron chi connectivity index (χ0n) is 6.94. The molecule has 0 aliphatic rings. The van der Waals surface area contributed by atoms with Crippen LogP contribution in [-0.2, 0) is 0 Å². The van der Waals surface area contributed by atoms with Crippen LogP contribution in [0.25, 0.3) is 10.9 Å². The molecule has 0 aliphatic carbocycles. The second kappa shape index (κ2) is 2.92. The SMILES string of the molecule is O=C(O)c1cc2c(Cl)cccc2n1O. The van der Waals surface area contributed by atoms with Crippen LogP contribution in [0, 0.1) is 0 Å². The zero-order valence-corrected chi connectivity index (χ0v) is 7.69. The lowest BCUT2D eigenvalue weighted by Gasteiger charge is -1.97. The Kier molecular flexibility index (Phi) is 1.86. The Morgan fingerprint density at radius 2 is 2.14 bits per heavy atom. The summed E-state index contributed by atoms with van der Waals surface area (Å²) in [5.74, 6) is -1.19. The second-order valence-corrected chi connectivity index (χ2v) is 3.23. The molecule has 0 atom stereocenters. The van der Waals surface area contributed by atoms with E-state index in [1.807, 2.05) is 0 Å². The van der Waals surface area contributed by atoms with Crippen molar-refractivity contribution in [3.8, 4) is 0 Å². The van der Waals surface area contributed by atoms with Crippen LogP contribution in [0.1, 0.15) is 10.5 Å². The normalized spacial score (nSPS) is 10.6. The van der Waals surface area contributed by atoms with Gasteiger partial charge in [-0.2, -0.15) is 4.73 Å². The van der Waals surface area contributed by atoms with Crippen molar-refractivity contribution in [2.24, 2.45) is 0 Å². The molecule has 5 heteroatoms. The first-order valence-corrected chi connectivity index (χ1v) is 4.21. The number of hydrogen-bond donors (Lipinski definition) is 2. The Labute approximate surface area is 83.9 Å². The van der Waals surface area contributed by atoms with Gasteiger partial charge in [0.1, 0.15) is 0 Å². The maximum Gasteiger partial charge on any atom is 0.356 e. The summed E-state index contributed by atoms with van der Waals surface area (Å²) in [6.45, 7) is 0. The summed E-state index contributed by atoms with van der Waals surface area (Å²) in [5.41, 5.74) is 0.183. The quantitative estimate of drug-likeness (QED) is 0.711. The van der Waals surface area contributed by atoms with Crippen molar-refractivity contribution in [2.75, 3.05) is 0 Å². The fourth-order valence-corrected chi connectivity index (χ4v) is 1.56. The second-order valence-electron chi connectivity index (χ2n) is 2.82. The molecule has 14 heavy (non-hydrogen) atoms. The average molecular weight is 212 g/mol. The molecule has 0 unspecified atom stereocenters. The number of halogens is 1. The highest BCUT2D eigenvalue weighted by Crippen LogP contribution is 2.25.